The van der Waals surface area contributed by atoms with Gasteiger partial charge in [0.05, 0.1) is 25.7 Å². The quantitative estimate of drug-likeness (QED) is 0.812. The Morgan fingerprint density at radius 1 is 1.47 bits per heavy atom. The van der Waals surface area contributed by atoms with Crippen LogP contribution in [0.25, 0.3) is 0 Å². The molecule has 0 saturated heterocycles. The summed E-state index contributed by atoms with van der Waals surface area (Å²) in [6.07, 6.45) is 1.51. The van der Waals surface area contributed by atoms with E-state index in [9.17, 15) is 4.79 Å². The van der Waals surface area contributed by atoms with E-state index in [2.05, 4.69) is 4.98 Å². The first-order valence-corrected chi connectivity index (χ1v) is 4.41. The topological polar surface area (TPSA) is 68.7 Å². The Balaban J connectivity index is 3.27. The summed E-state index contributed by atoms with van der Waals surface area (Å²) in [5.41, 5.74) is 0.454. The Morgan fingerprint density at radius 2 is 2.13 bits per heavy atom. The highest BCUT2D eigenvalue weighted by Gasteiger charge is 2.23. The van der Waals surface area contributed by atoms with Crippen LogP contribution in [0, 0.1) is 0 Å². The van der Waals surface area contributed by atoms with Gasteiger partial charge in [-0.2, -0.15) is 0 Å². The highest BCUT2D eigenvalue weighted by atomic mass is 16.5. The Labute approximate surface area is 87.7 Å². The van der Waals surface area contributed by atoms with Gasteiger partial charge in [-0.1, -0.05) is 0 Å². The van der Waals surface area contributed by atoms with Crippen LogP contribution in [0.1, 0.15) is 18.4 Å². The maximum Gasteiger partial charge on any atom is 0.311 e. The third-order valence-corrected chi connectivity index (χ3v) is 2.13. The third kappa shape index (κ3) is 2.18. The van der Waals surface area contributed by atoms with Gasteiger partial charge in [0.1, 0.15) is 5.75 Å². The lowest BCUT2D eigenvalue weighted by Crippen LogP contribution is -2.11. The maximum absolute atomic E-state index is 10.9. The molecular weight excluding hydrogens is 198 g/mol. The van der Waals surface area contributed by atoms with Gasteiger partial charge in [-0.25, -0.2) is 4.98 Å². The van der Waals surface area contributed by atoms with Gasteiger partial charge in [0.25, 0.3) is 0 Å². The Morgan fingerprint density at radius 3 is 2.60 bits per heavy atom. The van der Waals surface area contributed by atoms with Crippen LogP contribution in [0.4, 0.5) is 0 Å². The lowest BCUT2D eigenvalue weighted by Gasteiger charge is -2.14. The van der Waals surface area contributed by atoms with E-state index in [1.54, 1.807) is 13.0 Å². The number of aromatic nitrogens is 1. The molecule has 0 bridgehead atoms. The molecule has 0 aliphatic heterocycles. The predicted molar refractivity (Wildman–Crippen MR) is 53.4 cm³/mol. The zero-order chi connectivity index (χ0) is 11.4. The molecule has 5 nitrogen and oxygen atoms in total. The molecule has 0 spiro atoms. The van der Waals surface area contributed by atoms with Crippen LogP contribution in [0.15, 0.2) is 12.3 Å². The smallest absolute Gasteiger partial charge is 0.311 e. The lowest BCUT2D eigenvalue weighted by atomic mass is 10.0. The monoisotopic (exact) mass is 211 g/mol. The summed E-state index contributed by atoms with van der Waals surface area (Å²) in [6.45, 7) is 1.56. The minimum Gasteiger partial charge on any atom is -0.496 e. The lowest BCUT2D eigenvalue weighted by molar-refractivity contribution is -0.138. The number of nitrogens with zero attached hydrogens (tertiary/aromatic N) is 1. The van der Waals surface area contributed by atoms with Crippen molar-refractivity contribution in [1.29, 1.82) is 0 Å². The molecule has 1 atom stereocenters. The van der Waals surface area contributed by atoms with Gasteiger partial charge in [0, 0.05) is 6.20 Å². The van der Waals surface area contributed by atoms with Crippen molar-refractivity contribution in [1.82, 2.24) is 4.98 Å². The standard InChI is InChI=1S/C10H13NO4/c1-6(10(12)13)8-7(14-2)4-5-11-9(8)15-3/h4-6H,1-3H3,(H,12,13). The molecule has 1 aromatic rings. The minimum absolute atomic E-state index is 0.282. The molecule has 0 aromatic carbocycles. The number of rotatable bonds is 4. The summed E-state index contributed by atoms with van der Waals surface area (Å²) in [5, 5.41) is 8.94. The second kappa shape index (κ2) is 4.63. The van der Waals surface area contributed by atoms with E-state index in [0.29, 0.717) is 11.3 Å². The molecule has 82 valence electrons. The SMILES string of the molecule is COc1ccnc(OC)c1C(C)C(=O)O. The van der Waals surface area contributed by atoms with E-state index in [0.717, 1.165) is 0 Å². The average molecular weight is 211 g/mol. The summed E-state index contributed by atoms with van der Waals surface area (Å²) < 4.78 is 10.1. The van der Waals surface area contributed by atoms with Crippen molar-refractivity contribution in [2.75, 3.05) is 14.2 Å². The van der Waals surface area contributed by atoms with Crippen molar-refractivity contribution < 1.29 is 19.4 Å². The molecule has 0 aliphatic rings. The molecule has 0 saturated carbocycles. The van der Waals surface area contributed by atoms with Crippen LogP contribution >= 0.6 is 0 Å². The van der Waals surface area contributed by atoms with Gasteiger partial charge in [-0.05, 0) is 13.0 Å². The van der Waals surface area contributed by atoms with Gasteiger partial charge < -0.3 is 14.6 Å². The summed E-state index contributed by atoms with van der Waals surface area (Å²) in [6, 6.07) is 1.61. The second-order valence-corrected chi connectivity index (χ2v) is 3.00. The summed E-state index contributed by atoms with van der Waals surface area (Å²) in [7, 11) is 2.92. The first-order valence-electron chi connectivity index (χ1n) is 4.41. The van der Waals surface area contributed by atoms with Gasteiger partial charge in [-0.3, -0.25) is 4.79 Å². The van der Waals surface area contributed by atoms with E-state index >= 15 is 0 Å². The third-order valence-electron chi connectivity index (χ3n) is 2.13. The van der Waals surface area contributed by atoms with Gasteiger partial charge in [0.15, 0.2) is 0 Å². The van der Waals surface area contributed by atoms with Crippen LogP contribution in [0.3, 0.4) is 0 Å². The molecule has 0 radical (unpaired) electrons. The fraction of sp³-hybridized carbons (Fsp3) is 0.400. The average Bonchev–Trinajstić information content (AvgIpc) is 2.26. The Bertz CT molecular complexity index is 342. The van der Waals surface area contributed by atoms with E-state index in [4.69, 9.17) is 14.6 Å². The van der Waals surface area contributed by atoms with Gasteiger partial charge in [-0.15, -0.1) is 0 Å². The number of methoxy groups -OCH3 is 2. The highest BCUT2D eigenvalue weighted by Crippen LogP contribution is 2.33. The Hall–Kier alpha value is -1.78. The molecule has 1 unspecified atom stereocenters. The number of carbonyl (C=O) groups is 1. The molecule has 0 aliphatic carbocycles. The van der Waals surface area contributed by atoms with Crippen LogP contribution in [0.5, 0.6) is 11.6 Å². The molecule has 1 heterocycles. The zero-order valence-electron chi connectivity index (χ0n) is 8.85. The summed E-state index contributed by atoms with van der Waals surface area (Å²) in [4.78, 5) is 14.8. The fourth-order valence-corrected chi connectivity index (χ4v) is 1.30. The molecular formula is C10H13NO4. The summed E-state index contributed by atoms with van der Waals surface area (Å²) in [5.74, 6) is -0.913. The number of carboxylic acid groups (broad SMARTS) is 1. The molecule has 0 amide bonds. The predicted octanol–water partition coefficient (Wildman–Crippen LogP) is 1.29. The molecule has 1 N–H and O–H groups in total. The number of pyridine rings is 1. The van der Waals surface area contributed by atoms with Gasteiger partial charge >= 0.3 is 5.97 Å². The van der Waals surface area contributed by atoms with Crippen LogP contribution < -0.4 is 9.47 Å². The summed E-state index contributed by atoms with van der Waals surface area (Å²) >= 11 is 0. The maximum atomic E-state index is 10.9. The van der Waals surface area contributed by atoms with Crippen molar-refractivity contribution in [3.05, 3.63) is 17.8 Å². The van der Waals surface area contributed by atoms with Crippen molar-refractivity contribution >= 4 is 5.97 Å². The second-order valence-electron chi connectivity index (χ2n) is 3.00. The van der Waals surface area contributed by atoms with Crippen molar-refractivity contribution in [2.24, 2.45) is 0 Å². The normalized spacial score (nSPS) is 11.9. The molecule has 0 fully saturated rings. The first kappa shape index (κ1) is 11.3. The van der Waals surface area contributed by atoms with Crippen LogP contribution in [-0.2, 0) is 4.79 Å². The fourth-order valence-electron chi connectivity index (χ4n) is 1.30. The number of ether oxygens (including phenoxy) is 2. The molecule has 1 rings (SSSR count). The highest BCUT2D eigenvalue weighted by molar-refractivity contribution is 5.77. The van der Waals surface area contributed by atoms with E-state index in [1.165, 1.54) is 20.4 Å². The van der Waals surface area contributed by atoms with Crippen molar-refractivity contribution in [3.63, 3.8) is 0 Å². The number of carboxylic acids is 1. The van der Waals surface area contributed by atoms with Crippen molar-refractivity contribution in [2.45, 2.75) is 12.8 Å². The zero-order valence-corrected chi connectivity index (χ0v) is 8.85. The number of hydrogen-bond donors (Lipinski definition) is 1. The molecule has 15 heavy (non-hydrogen) atoms. The largest absolute Gasteiger partial charge is 0.496 e. The van der Waals surface area contributed by atoms with Crippen LogP contribution in [0.2, 0.25) is 0 Å². The van der Waals surface area contributed by atoms with Crippen LogP contribution in [-0.4, -0.2) is 30.3 Å². The minimum atomic E-state index is -0.945. The van der Waals surface area contributed by atoms with E-state index < -0.39 is 11.9 Å². The Kier molecular flexibility index (Phi) is 3.49. The van der Waals surface area contributed by atoms with E-state index in [1.807, 2.05) is 0 Å². The first-order chi connectivity index (χ1) is 7.11. The number of aliphatic carboxylic acids is 1. The molecule has 5 heteroatoms. The van der Waals surface area contributed by atoms with E-state index in [-0.39, 0.29) is 5.88 Å². The van der Waals surface area contributed by atoms with Crippen molar-refractivity contribution in [3.8, 4) is 11.6 Å². The van der Waals surface area contributed by atoms with Gasteiger partial charge in [0.2, 0.25) is 5.88 Å². The molecule has 1 aromatic heterocycles. The number of hydrogen-bond acceptors (Lipinski definition) is 4.